The van der Waals surface area contributed by atoms with E-state index in [2.05, 4.69) is 4.90 Å². The number of allylic oxidation sites excluding steroid dienone is 2. The van der Waals surface area contributed by atoms with E-state index in [0.717, 1.165) is 38.0 Å². The molecular formula is C39H63N3O8. The van der Waals surface area contributed by atoms with Crippen LogP contribution < -0.4 is 0 Å². The molecule has 11 nitrogen and oxygen atoms in total. The van der Waals surface area contributed by atoms with E-state index < -0.39 is 36.0 Å². The van der Waals surface area contributed by atoms with E-state index in [9.17, 15) is 24.6 Å². The van der Waals surface area contributed by atoms with Gasteiger partial charge >= 0.3 is 18.2 Å². The molecule has 4 aliphatic rings. The van der Waals surface area contributed by atoms with Gasteiger partial charge in [0.2, 0.25) is 0 Å². The average molecular weight is 702 g/mol. The number of piperazine rings is 1. The van der Waals surface area contributed by atoms with Crippen LogP contribution in [0.4, 0.5) is 9.59 Å². The van der Waals surface area contributed by atoms with Crippen LogP contribution in [0, 0.1) is 11.8 Å². The third-order valence-corrected chi connectivity index (χ3v) is 11.0. The van der Waals surface area contributed by atoms with Gasteiger partial charge in [-0.3, -0.25) is 9.69 Å². The van der Waals surface area contributed by atoms with Gasteiger partial charge < -0.3 is 34.2 Å². The van der Waals surface area contributed by atoms with Crippen LogP contribution >= 0.6 is 0 Å². The van der Waals surface area contributed by atoms with Gasteiger partial charge in [0.1, 0.15) is 11.7 Å². The molecule has 3 aliphatic heterocycles. The Morgan fingerprint density at radius 1 is 1.00 bits per heavy atom. The summed E-state index contributed by atoms with van der Waals surface area (Å²) in [4.78, 5) is 44.8. The molecule has 2 amide bonds. The molecule has 0 spiro atoms. The number of ether oxygens (including phenoxy) is 3. The van der Waals surface area contributed by atoms with E-state index in [0.29, 0.717) is 19.1 Å². The number of carbonyl (C=O) groups is 3. The molecule has 50 heavy (non-hydrogen) atoms. The molecule has 7 atom stereocenters. The van der Waals surface area contributed by atoms with Gasteiger partial charge in [0, 0.05) is 56.6 Å². The van der Waals surface area contributed by atoms with Crippen LogP contribution in [0.25, 0.3) is 0 Å². The normalized spacial score (nSPS) is 32.8. The van der Waals surface area contributed by atoms with Crippen LogP contribution in [0.2, 0.25) is 0 Å². The first-order valence-corrected chi connectivity index (χ1v) is 19.1. The predicted octanol–water partition coefficient (Wildman–Crippen LogP) is 5.99. The zero-order valence-electron chi connectivity index (χ0n) is 31.1. The van der Waals surface area contributed by atoms with E-state index in [1.165, 1.54) is 38.5 Å². The molecule has 4 rings (SSSR count). The van der Waals surface area contributed by atoms with Gasteiger partial charge in [-0.15, -0.1) is 0 Å². The van der Waals surface area contributed by atoms with Crippen molar-refractivity contribution in [2.75, 3.05) is 39.3 Å². The van der Waals surface area contributed by atoms with Gasteiger partial charge in [-0.25, -0.2) is 9.59 Å². The number of nitrogens with zero attached hydrogens (tertiary/aromatic N) is 3. The molecule has 0 bridgehead atoms. The van der Waals surface area contributed by atoms with Crippen molar-refractivity contribution in [1.82, 2.24) is 14.7 Å². The Labute approximate surface area is 299 Å². The smallest absolute Gasteiger partial charge is 0.410 e. The number of cyclic esters (lactones) is 1. The molecule has 1 saturated carbocycles. The van der Waals surface area contributed by atoms with Crippen LogP contribution in [-0.4, -0.2) is 118 Å². The Hall–Kier alpha value is -2.89. The number of rotatable bonds is 7. The van der Waals surface area contributed by atoms with Gasteiger partial charge in [-0.05, 0) is 70.9 Å². The predicted molar refractivity (Wildman–Crippen MR) is 192 cm³/mol. The Bertz CT molecular complexity index is 1200. The summed E-state index contributed by atoms with van der Waals surface area (Å²) in [5.74, 6) is -0.882. The minimum absolute atomic E-state index is 0.0234. The zero-order valence-corrected chi connectivity index (χ0v) is 31.1. The van der Waals surface area contributed by atoms with E-state index in [1.54, 1.807) is 22.8 Å². The van der Waals surface area contributed by atoms with Crippen LogP contribution in [0.15, 0.2) is 36.0 Å². The van der Waals surface area contributed by atoms with Gasteiger partial charge in [-0.2, -0.15) is 0 Å². The highest BCUT2D eigenvalue weighted by Gasteiger charge is 2.37. The lowest BCUT2D eigenvalue weighted by atomic mass is 9.89. The average Bonchev–Trinajstić information content (AvgIpc) is 3.33. The molecule has 0 aromatic carbocycles. The summed E-state index contributed by atoms with van der Waals surface area (Å²) in [6, 6.07) is 0.792. The van der Waals surface area contributed by atoms with E-state index in [1.807, 2.05) is 52.0 Å². The van der Waals surface area contributed by atoms with Crippen molar-refractivity contribution >= 4 is 18.2 Å². The highest BCUT2D eigenvalue weighted by molar-refractivity contribution is 5.70. The maximum atomic E-state index is 13.4. The first-order chi connectivity index (χ1) is 23.8. The van der Waals surface area contributed by atoms with Gasteiger partial charge in [0.05, 0.1) is 19.1 Å². The quantitative estimate of drug-likeness (QED) is 0.108. The SMILES string of the molecule is C/C(=C\C=C\[C@@H](C)COC(=O)N1CCC[C@@H]1C)[C@H]1OC(=O)C[C@@H](O)CC[C@](C)(O)[C@@H](OC(=O)N2CCN(C3CCCCCC3)CC2)/C=C/[C@@H]1C. The zero-order chi connectivity index (χ0) is 36.3. The number of likely N-dealkylation sites (tertiary alicyclic amines) is 1. The van der Waals surface area contributed by atoms with Crippen LogP contribution in [0.1, 0.15) is 105 Å². The monoisotopic (exact) mass is 701 g/mol. The van der Waals surface area contributed by atoms with Gasteiger partial charge in [0.15, 0.2) is 6.10 Å². The Kier molecular flexibility index (Phi) is 15.2. The summed E-state index contributed by atoms with van der Waals surface area (Å²) in [6.07, 6.45) is 15.5. The molecule has 0 unspecified atom stereocenters. The van der Waals surface area contributed by atoms with Gasteiger partial charge in [0.25, 0.3) is 0 Å². The molecular weight excluding hydrogens is 638 g/mol. The van der Waals surface area contributed by atoms with Crippen molar-refractivity contribution in [1.29, 1.82) is 0 Å². The fourth-order valence-corrected chi connectivity index (χ4v) is 7.56. The minimum atomic E-state index is -1.46. The lowest BCUT2D eigenvalue weighted by Crippen LogP contribution is -2.53. The molecule has 2 saturated heterocycles. The van der Waals surface area contributed by atoms with E-state index >= 15 is 0 Å². The lowest BCUT2D eigenvalue weighted by Gasteiger charge is -2.40. The standard InChI is InChI=1S/C39H63N3O8/c1-28(27-48-38(46)42-21-11-14-31(42)4)12-10-13-29(2)36-30(3)17-18-34(39(5,47)20-19-33(43)26-35(44)50-36)49-37(45)41-24-22-40(23-25-41)32-15-8-6-7-9-16-32/h10,12-13,17-18,28,30-34,36,43,47H,6-9,11,14-16,19-27H2,1-5H3/b12-10+,18-17+,29-13+/t28-,30+,31+,33+,34+,36-,39+/m1/s1. The van der Waals surface area contributed by atoms with Crippen LogP contribution in [-0.2, 0) is 19.0 Å². The van der Waals surface area contributed by atoms with Crippen molar-refractivity contribution in [3.8, 4) is 0 Å². The molecule has 11 heteroatoms. The maximum absolute atomic E-state index is 13.4. The molecule has 0 aromatic rings. The number of amides is 2. The van der Waals surface area contributed by atoms with E-state index in [-0.39, 0.29) is 49.8 Å². The molecule has 0 aromatic heterocycles. The molecule has 282 valence electrons. The first kappa shape index (κ1) is 39.9. The van der Waals surface area contributed by atoms with Crippen molar-refractivity contribution in [3.05, 3.63) is 36.0 Å². The molecule has 2 N–H and O–H groups in total. The fraction of sp³-hybridized carbons (Fsp3) is 0.769. The Morgan fingerprint density at radius 2 is 1.70 bits per heavy atom. The highest BCUT2D eigenvalue weighted by atomic mass is 16.6. The van der Waals surface area contributed by atoms with Crippen LogP contribution in [0.5, 0.6) is 0 Å². The number of carbonyl (C=O) groups excluding carboxylic acids is 3. The Balaban J connectivity index is 1.39. The number of hydrogen-bond donors (Lipinski definition) is 2. The minimum Gasteiger partial charge on any atom is -0.457 e. The summed E-state index contributed by atoms with van der Waals surface area (Å²) in [6.45, 7) is 13.2. The summed E-state index contributed by atoms with van der Waals surface area (Å²) in [5.41, 5.74) is -0.687. The van der Waals surface area contributed by atoms with Crippen molar-refractivity contribution in [3.63, 3.8) is 0 Å². The second-order valence-electron chi connectivity index (χ2n) is 15.4. The number of esters is 1. The third-order valence-electron chi connectivity index (χ3n) is 11.0. The lowest BCUT2D eigenvalue weighted by molar-refractivity contribution is -0.151. The van der Waals surface area contributed by atoms with Crippen molar-refractivity contribution in [2.45, 2.75) is 141 Å². The second kappa shape index (κ2) is 19.1. The fourth-order valence-electron chi connectivity index (χ4n) is 7.56. The Morgan fingerprint density at radius 3 is 2.36 bits per heavy atom. The third kappa shape index (κ3) is 11.8. The molecule has 1 aliphatic carbocycles. The molecule has 3 heterocycles. The summed E-state index contributed by atoms with van der Waals surface area (Å²) < 4.78 is 17.4. The largest absolute Gasteiger partial charge is 0.457 e. The summed E-state index contributed by atoms with van der Waals surface area (Å²) >= 11 is 0. The first-order valence-electron chi connectivity index (χ1n) is 19.1. The van der Waals surface area contributed by atoms with Gasteiger partial charge in [-0.1, -0.05) is 63.8 Å². The number of aliphatic hydroxyl groups excluding tert-OH is 1. The van der Waals surface area contributed by atoms with Crippen LogP contribution in [0.3, 0.4) is 0 Å². The number of aliphatic hydroxyl groups is 2. The number of hydrogen-bond acceptors (Lipinski definition) is 9. The highest BCUT2D eigenvalue weighted by Crippen LogP contribution is 2.28. The molecule has 3 fully saturated rings. The second-order valence-corrected chi connectivity index (χ2v) is 15.4. The van der Waals surface area contributed by atoms with Crippen molar-refractivity contribution in [2.24, 2.45) is 11.8 Å². The van der Waals surface area contributed by atoms with Crippen molar-refractivity contribution < 1.29 is 38.8 Å². The van der Waals surface area contributed by atoms with E-state index in [4.69, 9.17) is 14.2 Å². The summed E-state index contributed by atoms with van der Waals surface area (Å²) in [7, 11) is 0. The molecule has 0 radical (unpaired) electrons. The summed E-state index contributed by atoms with van der Waals surface area (Å²) in [5, 5.41) is 22.2. The maximum Gasteiger partial charge on any atom is 0.410 e. The topological polar surface area (TPSA) is 129 Å².